The van der Waals surface area contributed by atoms with Crippen LogP contribution in [0.4, 0.5) is 0 Å². The molecule has 0 spiro atoms. The third-order valence-electron chi connectivity index (χ3n) is 2.75. The fourth-order valence-electron chi connectivity index (χ4n) is 1.53. The smallest absolute Gasteiger partial charge is 0.305 e. The second-order valence-corrected chi connectivity index (χ2v) is 5.06. The number of rotatable bonds is 5. The van der Waals surface area contributed by atoms with E-state index in [1.165, 1.54) is 0 Å². The van der Waals surface area contributed by atoms with Gasteiger partial charge in [-0.1, -0.05) is 34.1 Å². The summed E-state index contributed by atoms with van der Waals surface area (Å²) < 4.78 is 0.904. The number of benzene rings is 1. The molecular formula is C14H16BrNO3. The lowest BCUT2D eigenvalue weighted by atomic mass is 10.0. The first-order chi connectivity index (χ1) is 8.93. The largest absolute Gasteiger partial charge is 0.481 e. The van der Waals surface area contributed by atoms with E-state index in [1.807, 2.05) is 12.1 Å². The zero-order valence-electron chi connectivity index (χ0n) is 10.8. The van der Waals surface area contributed by atoms with E-state index in [0.29, 0.717) is 5.57 Å². The number of carbonyl (C=O) groups excluding carboxylic acids is 1. The zero-order chi connectivity index (χ0) is 14.4. The molecule has 1 amide bonds. The van der Waals surface area contributed by atoms with Gasteiger partial charge in [0.05, 0.1) is 12.5 Å². The van der Waals surface area contributed by atoms with E-state index in [0.717, 1.165) is 10.0 Å². The van der Waals surface area contributed by atoms with Crippen LogP contribution >= 0.6 is 15.9 Å². The maximum atomic E-state index is 11.8. The van der Waals surface area contributed by atoms with Crippen molar-refractivity contribution in [2.45, 2.75) is 26.3 Å². The molecule has 0 radical (unpaired) electrons. The van der Waals surface area contributed by atoms with E-state index < -0.39 is 12.0 Å². The molecule has 4 nitrogen and oxygen atoms in total. The van der Waals surface area contributed by atoms with Gasteiger partial charge in [-0.05, 0) is 31.5 Å². The number of allylic oxidation sites excluding steroid dienone is 1. The van der Waals surface area contributed by atoms with Crippen LogP contribution in [0.3, 0.4) is 0 Å². The molecule has 19 heavy (non-hydrogen) atoms. The molecule has 1 rings (SSSR count). The Labute approximate surface area is 120 Å². The Balaban J connectivity index is 2.92. The minimum absolute atomic E-state index is 0.148. The van der Waals surface area contributed by atoms with Gasteiger partial charge < -0.3 is 10.4 Å². The van der Waals surface area contributed by atoms with Crippen LogP contribution in [0.25, 0.3) is 0 Å². The number of carboxylic acids is 1. The number of amides is 1. The van der Waals surface area contributed by atoms with E-state index in [1.54, 1.807) is 32.1 Å². The Morgan fingerprint density at radius 3 is 2.42 bits per heavy atom. The number of carboxylic acid groups (broad SMARTS) is 1. The highest BCUT2D eigenvalue weighted by Crippen LogP contribution is 2.20. The Morgan fingerprint density at radius 1 is 1.37 bits per heavy atom. The van der Waals surface area contributed by atoms with E-state index in [9.17, 15) is 9.59 Å². The molecular weight excluding hydrogens is 310 g/mol. The molecule has 1 atom stereocenters. The number of hydrogen-bond donors (Lipinski definition) is 2. The topological polar surface area (TPSA) is 66.4 Å². The second-order valence-electron chi connectivity index (χ2n) is 4.15. The summed E-state index contributed by atoms with van der Waals surface area (Å²) >= 11 is 3.32. The van der Waals surface area contributed by atoms with Gasteiger partial charge in [-0.2, -0.15) is 0 Å². The van der Waals surface area contributed by atoms with Crippen molar-refractivity contribution in [3.8, 4) is 0 Å². The normalized spacial score (nSPS) is 12.9. The van der Waals surface area contributed by atoms with Crippen LogP contribution in [0.1, 0.15) is 31.9 Å². The lowest BCUT2D eigenvalue weighted by Crippen LogP contribution is -2.30. The van der Waals surface area contributed by atoms with E-state index in [-0.39, 0.29) is 12.3 Å². The summed E-state index contributed by atoms with van der Waals surface area (Å²) in [5.41, 5.74) is 1.33. The van der Waals surface area contributed by atoms with Crippen molar-refractivity contribution in [3.05, 3.63) is 46.0 Å². The maximum absolute atomic E-state index is 11.8. The highest BCUT2D eigenvalue weighted by atomic mass is 79.9. The van der Waals surface area contributed by atoms with Crippen LogP contribution in [-0.4, -0.2) is 17.0 Å². The van der Waals surface area contributed by atoms with Crippen molar-refractivity contribution >= 4 is 27.8 Å². The minimum Gasteiger partial charge on any atom is -0.481 e. The van der Waals surface area contributed by atoms with E-state index in [2.05, 4.69) is 21.2 Å². The van der Waals surface area contributed by atoms with Crippen LogP contribution in [0.15, 0.2) is 40.4 Å². The Bertz CT molecular complexity index is 494. The molecule has 102 valence electrons. The molecule has 0 saturated carbocycles. The summed E-state index contributed by atoms with van der Waals surface area (Å²) in [5, 5.41) is 11.7. The van der Waals surface area contributed by atoms with Crippen LogP contribution in [0, 0.1) is 0 Å². The van der Waals surface area contributed by atoms with Crippen LogP contribution in [-0.2, 0) is 9.59 Å². The fraction of sp³-hybridized carbons (Fsp3) is 0.286. The van der Waals surface area contributed by atoms with Crippen LogP contribution in [0.2, 0.25) is 0 Å². The van der Waals surface area contributed by atoms with E-state index >= 15 is 0 Å². The Kier molecular flexibility index (Phi) is 5.76. The SMILES string of the molecule is C/C=C(\C)C(=O)N[C@@H](CC(=O)O)c1ccc(Br)cc1. The van der Waals surface area contributed by atoms with Gasteiger partial charge in [0.15, 0.2) is 0 Å². The number of aliphatic carboxylic acids is 1. The standard InChI is InChI=1S/C14H16BrNO3/c1-3-9(2)14(19)16-12(8-13(17)18)10-4-6-11(15)7-5-10/h3-7,12H,8H2,1-2H3,(H,16,19)(H,17,18)/b9-3+/t12-/m0/s1. The second kappa shape index (κ2) is 7.09. The number of carbonyl (C=O) groups is 2. The van der Waals surface area contributed by atoms with Crippen molar-refractivity contribution < 1.29 is 14.7 Å². The van der Waals surface area contributed by atoms with Gasteiger partial charge in [-0.3, -0.25) is 9.59 Å². The third kappa shape index (κ3) is 4.87. The molecule has 5 heteroatoms. The van der Waals surface area contributed by atoms with Gasteiger partial charge in [0.1, 0.15) is 0 Å². The lowest BCUT2D eigenvalue weighted by molar-refractivity contribution is -0.137. The maximum Gasteiger partial charge on any atom is 0.305 e. The molecule has 0 aliphatic rings. The molecule has 1 aromatic rings. The molecule has 0 unspecified atom stereocenters. The quantitative estimate of drug-likeness (QED) is 0.817. The molecule has 0 heterocycles. The average Bonchev–Trinajstić information content (AvgIpc) is 2.37. The van der Waals surface area contributed by atoms with Gasteiger partial charge in [-0.15, -0.1) is 0 Å². The molecule has 0 aliphatic heterocycles. The minimum atomic E-state index is -0.952. The molecule has 2 N–H and O–H groups in total. The first kappa shape index (κ1) is 15.4. The van der Waals surface area contributed by atoms with Gasteiger partial charge in [0, 0.05) is 10.0 Å². The average molecular weight is 326 g/mol. The van der Waals surface area contributed by atoms with Crippen molar-refractivity contribution in [2.24, 2.45) is 0 Å². The summed E-state index contributed by atoms with van der Waals surface area (Å²) in [7, 11) is 0. The zero-order valence-corrected chi connectivity index (χ0v) is 12.4. The Morgan fingerprint density at radius 2 is 1.95 bits per heavy atom. The van der Waals surface area contributed by atoms with E-state index in [4.69, 9.17) is 5.11 Å². The van der Waals surface area contributed by atoms with Crippen molar-refractivity contribution in [3.63, 3.8) is 0 Å². The number of halogens is 1. The van der Waals surface area contributed by atoms with Gasteiger partial charge >= 0.3 is 5.97 Å². The van der Waals surface area contributed by atoms with Gasteiger partial charge in [-0.25, -0.2) is 0 Å². The Hall–Kier alpha value is -1.62. The summed E-state index contributed by atoms with van der Waals surface area (Å²) in [6, 6.07) is 6.69. The summed E-state index contributed by atoms with van der Waals surface area (Å²) in [5.74, 6) is -1.21. The van der Waals surface area contributed by atoms with Crippen LogP contribution < -0.4 is 5.32 Å². The van der Waals surface area contributed by atoms with Gasteiger partial charge in [0.25, 0.3) is 0 Å². The highest BCUT2D eigenvalue weighted by molar-refractivity contribution is 9.10. The molecule has 0 bridgehead atoms. The summed E-state index contributed by atoms with van der Waals surface area (Å²) in [6.45, 7) is 3.45. The lowest BCUT2D eigenvalue weighted by Gasteiger charge is -2.17. The van der Waals surface area contributed by atoms with Crippen molar-refractivity contribution in [1.82, 2.24) is 5.32 Å². The van der Waals surface area contributed by atoms with Crippen LogP contribution in [0.5, 0.6) is 0 Å². The van der Waals surface area contributed by atoms with Crippen molar-refractivity contribution in [1.29, 1.82) is 0 Å². The van der Waals surface area contributed by atoms with Crippen molar-refractivity contribution in [2.75, 3.05) is 0 Å². The fourth-order valence-corrected chi connectivity index (χ4v) is 1.79. The molecule has 0 fully saturated rings. The third-order valence-corrected chi connectivity index (χ3v) is 3.28. The number of nitrogens with one attached hydrogen (secondary N) is 1. The molecule has 0 aromatic heterocycles. The molecule has 0 saturated heterocycles. The highest BCUT2D eigenvalue weighted by Gasteiger charge is 2.18. The molecule has 1 aromatic carbocycles. The van der Waals surface area contributed by atoms with Gasteiger partial charge in [0.2, 0.25) is 5.91 Å². The summed E-state index contributed by atoms with van der Waals surface area (Å²) in [6.07, 6.45) is 1.54. The number of hydrogen-bond acceptors (Lipinski definition) is 2. The first-order valence-electron chi connectivity index (χ1n) is 5.85. The first-order valence-corrected chi connectivity index (χ1v) is 6.64. The molecule has 0 aliphatic carbocycles. The monoisotopic (exact) mass is 325 g/mol. The predicted molar refractivity (Wildman–Crippen MR) is 76.7 cm³/mol. The predicted octanol–water partition coefficient (Wildman–Crippen LogP) is 3.05. The summed E-state index contributed by atoms with van der Waals surface area (Å²) in [4.78, 5) is 22.7.